The fourth-order valence-corrected chi connectivity index (χ4v) is 2.95. The maximum atomic E-state index is 12.2. The summed E-state index contributed by atoms with van der Waals surface area (Å²) in [5.41, 5.74) is -0.256. The zero-order chi connectivity index (χ0) is 18.1. The molecule has 0 radical (unpaired) electrons. The predicted molar refractivity (Wildman–Crippen MR) is 91.2 cm³/mol. The third kappa shape index (κ3) is 2.74. The molecule has 1 aromatic carbocycles. The highest BCUT2D eigenvalue weighted by Gasteiger charge is 2.25. The van der Waals surface area contributed by atoms with Gasteiger partial charge in [-0.3, -0.25) is 13.9 Å². The van der Waals surface area contributed by atoms with E-state index in [0.29, 0.717) is 24.5 Å². The highest BCUT2D eigenvalue weighted by molar-refractivity contribution is 5.53. The van der Waals surface area contributed by atoms with E-state index in [4.69, 9.17) is 9.47 Å². The smallest absolute Gasteiger partial charge is 0.332 e. The summed E-state index contributed by atoms with van der Waals surface area (Å²) in [6.07, 6.45) is 0.612. The minimum absolute atomic E-state index is 0.0963. The average Bonchev–Trinajstić information content (AvgIpc) is 2.64. The first-order valence-corrected chi connectivity index (χ1v) is 7.73. The standard InChI is InChI=1S/C17H18N4O4/c1-20-15(12(8-18)16(22)21(2)17(20)23)19-11-7-10-5-4-6-13(24-3)14(10)25-9-11/h4-6,11,19H,7,9H2,1-3H3/t11-/m0/s1. The van der Waals surface area contributed by atoms with Crippen LogP contribution >= 0.6 is 0 Å². The second-order valence-corrected chi connectivity index (χ2v) is 5.85. The van der Waals surface area contributed by atoms with E-state index in [2.05, 4.69) is 5.32 Å². The van der Waals surface area contributed by atoms with Crippen LogP contribution in [0.4, 0.5) is 5.82 Å². The van der Waals surface area contributed by atoms with E-state index >= 15 is 0 Å². The maximum absolute atomic E-state index is 12.2. The van der Waals surface area contributed by atoms with Crippen LogP contribution in [0.15, 0.2) is 27.8 Å². The Hall–Kier alpha value is -3.21. The molecule has 0 spiro atoms. The zero-order valence-corrected chi connectivity index (χ0v) is 14.2. The predicted octanol–water partition coefficient (Wildman–Crippen LogP) is 0.380. The van der Waals surface area contributed by atoms with Crippen molar-refractivity contribution in [1.29, 1.82) is 5.26 Å². The van der Waals surface area contributed by atoms with Crippen molar-refractivity contribution in [1.82, 2.24) is 9.13 Å². The minimum Gasteiger partial charge on any atom is -0.493 e. The largest absolute Gasteiger partial charge is 0.493 e. The third-order valence-electron chi connectivity index (χ3n) is 4.29. The van der Waals surface area contributed by atoms with E-state index in [9.17, 15) is 14.9 Å². The van der Waals surface area contributed by atoms with Gasteiger partial charge in [-0.2, -0.15) is 5.26 Å². The molecular weight excluding hydrogens is 324 g/mol. The van der Waals surface area contributed by atoms with Crippen molar-refractivity contribution < 1.29 is 9.47 Å². The number of para-hydroxylation sites is 1. The van der Waals surface area contributed by atoms with Crippen LogP contribution in [0.25, 0.3) is 0 Å². The fourth-order valence-electron chi connectivity index (χ4n) is 2.95. The van der Waals surface area contributed by atoms with E-state index < -0.39 is 11.2 Å². The summed E-state index contributed by atoms with van der Waals surface area (Å²) in [5, 5.41) is 12.4. The summed E-state index contributed by atoms with van der Waals surface area (Å²) in [6, 6.07) is 7.32. The summed E-state index contributed by atoms with van der Waals surface area (Å²) in [4.78, 5) is 24.3. The number of nitrogens with one attached hydrogen (secondary N) is 1. The Balaban J connectivity index is 1.96. The third-order valence-corrected chi connectivity index (χ3v) is 4.29. The Kier molecular flexibility index (Phi) is 4.23. The lowest BCUT2D eigenvalue weighted by molar-refractivity contribution is 0.255. The van der Waals surface area contributed by atoms with Gasteiger partial charge in [0.25, 0.3) is 5.56 Å². The number of anilines is 1. The Morgan fingerprint density at radius 1 is 1.32 bits per heavy atom. The van der Waals surface area contributed by atoms with Crippen LogP contribution in [0, 0.1) is 11.3 Å². The Bertz CT molecular complexity index is 984. The second-order valence-electron chi connectivity index (χ2n) is 5.85. The molecular formula is C17H18N4O4. The molecule has 1 N–H and O–H groups in total. The molecule has 8 nitrogen and oxygen atoms in total. The molecule has 3 rings (SSSR count). The molecule has 1 aromatic heterocycles. The highest BCUT2D eigenvalue weighted by Crippen LogP contribution is 2.35. The van der Waals surface area contributed by atoms with Gasteiger partial charge < -0.3 is 14.8 Å². The molecule has 25 heavy (non-hydrogen) atoms. The van der Waals surface area contributed by atoms with E-state index in [1.165, 1.54) is 18.7 Å². The van der Waals surface area contributed by atoms with Crippen molar-refractivity contribution in [3.63, 3.8) is 0 Å². The van der Waals surface area contributed by atoms with Crippen molar-refractivity contribution in [3.05, 3.63) is 50.2 Å². The zero-order valence-electron chi connectivity index (χ0n) is 14.2. The van der Waals surface area contributed by atoms with Crippen LogP contribution in [0.5, 0.6) is 11.5 Å². The van der Waals surface area contributed by atoms with Crippen LogP contribution in [-0.4, -0.2) is 28.9 Å². The van der Waals surface area contributed by atoms with Crippen molar-refractivity contribution in [3.8, 4) is 17.6 Å². The first kappa shape index (κ1) is 16.6. The molecule has 130 valence electrons. The molecule has 0 aliphatic carbocycles. The van der Waals surface area contributed by atoms with Crippen LogP contribution in [0.2, 0.25) is 0 Å². The van der Waals surface area contributed by atoms with E-state index in [0.717, 1.165) is 10.1 Å². The van der Waals surface area contributed by atoms with Crippen molar-refractivity contribution in [2.24, 2.45) is 14.1 Å². The van der Waals surface area contributed by atoms with Crippen molar-refractivity contribution in [2.75, 3.05) is 19.0 Å². The molecule has 2 heterocycles. The number of fused-ring (bicyclic) bond motifs is 1. The number of rotatable bonds is 3. The SMILES string of the molecule is COc1cccc2c1OC[C@@H](Nc1c(C#N)c(=O)n(C)c(=O)n1C)C2. The topological polar surface area (TPSA) is 98.3 Å². The molecule has 0 fully saturated rings. The summed E-state index contributed by atoms with van der Waals surface area (Å²) in [5.74, 6) is 1.56. The number of hydrogen-bond acceptors (Lipinski definition) is 6. The first-order valence-electron chi connectivity index (χ1n) is 7.73. The number of ether oxygens (including phenoxy) is 2. The van der Waals surface area contributed by atoms with Gasteiger partial charge >= 0.3 is 5.69 Å². The fraction of sp³-hybridized carbons (Fsp3) is 0.353. The van der Waals surface area contributed by atoms with E-state index in [-0.39, 0.29) is 17.4 Å². The van der Waals surface area contributed by atoms with Gasteiger partial charge in [0.15, 0.2) is 17.1 Å². The Labute approximate surface area is 143 Å². The van der Waals surface area contributed by atoms with Gasteiger partial charge in [-0.1, -0.05) is 12.1 Å². The quantitative estimate of drug-likeness (QED) is 0.866. The molecule has 0 amide bonds. The molecule has 1 atom stereocenters. The maximum Gasteiger partial charge on any atom is 0.332 e. The summed E-state index contributed by atoms with van der Waals surface area (Å²) in [7, 11) is 4.45. The molecule has 0 unspecified atom stereocenters. The van der Waals surface area contributed by atoms with Gasteiger partial charge in [0.2, 0.25) is 0 Å². The number of aromatic nitrogens is 2. The molecule has 0 saturated carbocycles. The van der Waals surface area contributed by atoms with Gasteiger partial charge in [-0.25, -0.2) is 4.79 Å². The average molecular weight is 342 g/mol. The Morgan fingerprint density at radius 3 is 2.76 bits per heavy atom. The van der Waals surface area contributed by atoms with E-state index in [1.54, 1.807) is 7.11 Å². The van der Waals surface area contributed by atoms with Gasteiger partial charge in [-0.15, -0.1) is 0 Å². The molecule has 1 aliphatic heterocycles. The lowest BCUT2D eigenvalue weighted by Gasteiger charge is -2.28. The van der Waals surface area contributed by atoms with Crippen LogP contribution < -0.4 is 26.0 Å². The molecule has 0 bridgehead atoms. The number of benzene rings is 1. The van der Waals surface area contributed by atoms with Gasteiger partial charge in [0, 0.05) is 19.7 Å². The molecule has 1 aliphatic rings. The number of nitrogens with zero attached hydrogens (tertiary/aromatic N) is 3. The lowest BCUT2D eigenvalue weighted by atomic mass is 10.0. The summed E-state index contributed by atoms with van der Waals surface area (Å²) >= 11 is 0. The second kappa shape index (κ2) is 6.36. The monoisotopic (exact) mass is 342 g/mol. The van der Waals surface area contributed by atoms with Crippen LogP contribution in [0.1, 0.15) is 11.1 Å². The Morgan fingerprint density at radius 2 is 2.08 bits per heavy atom. The van der Waals surface area contributed by atoms with Gasteiger partial charge in [0.05, 0.1) is 13.2 Å². The van der Waals surface area contributed by atoms with E-state index in [1.807, 2.05) is 24.3 Å². The minimum atomic E-state index is -0.619. The van der Waals surface area contributed by atoms with Crippen LogP contribution in [0.3, 0.4) is 0 Å². The van der Waals surface area contributed by atoms with Gasteiger partial charge in [-0.05, 0) is 12.5 Å². The first-order chi connectivity index (χ1) is 12.0. The molecule has 2 aromatic rings. The number of hydrogen-bond donors (Lipinski definition) is 1. The van der Waals surface area contributed by atoms with Crippen LogP contribution in [-0.2, 0) is 20.5 Å². The van der Waals surface area contributed by atoms with Crippen molar-refractivity contribution >= 4 is 5.82 Å². The van der Waals surface area contributed by atoms with Gasteiger partial charge in [0.1, 0.15) is 18.5 Å². The molecule has 0 saturated heterocycles. The summed E-state index contributed by atoms with van der Waals surface area (Å²) in [6.45, 7) is 0.321. The highest BCUT2D eigenvalue weighted by atomic mass is 16.5. The normalized spacial score (nSPS) is 15.7. The molecule has 8 heteroatoms. The lowest BCUT2D eigenvalue weighted by Crippen LogP contribution is -2.42. The number of nitriles is 1. The summed E-state index contributed by atoms with van der Waals surface area (Å²) < 4.78 is 13.3. The van der Waals surface area contributed by atoms with Crippen molar-refractivity contribution in [2.45, 2.75) is 12.5 Å². The number of methoxy groups -OCH3 is 1.